The summed E-state index contributed by atoms with van der Waals surface area (Å²) in [5, 5.41) is 3.45. The molecule has 1 aromatic heterocycles. The van der Waals surface area contributed by atoms with Crippen molar-refractivity contribution in [2.75, 3.05) is 18.0 Å². The van der Waals surface area contributed by atoms with Gasteiger partial charge in [-0.05, 0) is 49.8 Å². The second-order valence-corrected chi connectivity index (χ2v) is 6.36. The third-order valence-electron chi connectivity index (χ3n) is 4.21. The molecule has 112 valence electrons. The fourth-order valence-corrected chi connectivity index (χ4v) is 2.73. The topological polar surface area (TPSA) is 28.2 Å². The Labute approximate surface area is 123 Å². The highest BCUT2D eigenvalue weighted by atomic mass is 15.2. The van der Waals surface area contributed by atoms with E-state index in [0.29, 0.717) is 6.04 Å². The van der Waals surface area contributed by atoms with Crippen molar-refractivity contribution < 1.29 is 0 Å². The summed E-state index contributed by atoms with van der Waals surface area (Å²) in [6.45, 7) is 11.9. The van der Waals surface area contributed by atoms with Crippen molar-refractivity contribution >= 4 is 5.82 Å². The molecule has 0 unspecified atom stereocenters. The van der Waals surface area contributed by atoms with Gasteiger partial charge < -0.3 is 10.2 Å². The Bertz CT molecular complexity index is 424. The summed E-state index contributed by atoms with van der Waals surface area (Å²) in [6.07, 6.45) is 6.23. The monoisotopic (exact) mass is 275 g/mol. The van der Waals surface area contributed by atoms with Crippen molar-refractivity contribution in [3.63, 3.8) is 0 Å². The molecule has 1 N–H and O–H groups in total. The Morgan fingerprint density at radius 2 is 2.15 bits per heavy atom. The molecule has 0 spiro atoms. The molecule has 1 aliphatic rings. The summed E-state index contributed by atoms with van der Waals surface area (Å²) >= 11 is 0. The molecule has 1 aliphatic carbocycles. The maximum Gasteiger partial charge on any atom is 0.131 e. The highest BCUT2D eigenvalue weighted by molar-refractivity contribution is 5.47. The minimum absolute atomic E-state index is 0.515. The van der Waals surface area contributed by atoms with Crippen LogP contribution in [-0.2, 0) is 6.54 Å². The van der Waals surface area contributed by atoms with Gasteiger partial charge in [-0.3, -0.25) is 0 Å². The molecule has 0 atom stereocenters. The molecule has 0 saturated heterocycles. The molecule has 0 aromatic carbocycles. The minimum atomic E-state index is 0.515. The molecule has 3 nitrogen and oxygen atoms in total. The lowest BCUT2D eigenvalue weighted by Crippen LogP contribution is -2.33. The van der Waals surface area contributed by atoms with Gasteiger partial charge in [0.05, 0.1) is 0 Å². The zero-order chi connectivity index (χ0) is 14.5. The summed E-state index contributed by atoms with van der Waals surface area (Å²) in [5.41, 5.74) is 2.58. The Kier molecular flexibility index (Phi) is 5.41. The molecule has 1 aromatic rings. The fraction of sp³-hybridized carbons (Fsp3) is 0.706. The van der Waals surface area contributed by atoms with Crippen LogP contribution in [0.3, 0.4) is 0 Å². The normalized spacial score (nSPS) is 15.4. The van der Waals surface area contributed by atoms with Gasteiger partial charge in [-0.25, -0.2) is 4.98 Å². The second-order valence-electron chi connectivity index (χ2n) is 6.36. The van der Waals surface area contributed by atoms with E-state index in [9.17, 15) is 0 Å². The first-order chi connectivity index (χ1) is 9.60. The number of aromatic nitrogens is 1. The maximum absolute atomic E-state index is 4.72. The van der Waals surface area contributed by atoms with Gasteiger partial charge in [0.15, 0.2) is 0 Å². The van der Waals surface area contributed by atoms with E-state index in [1.807, 2.05) is 6.20 Å². The van der Waals surface area contributed by atoms with E-state index in [-0.39, 0.29) is 0 Å². The predicted molar refractivity (Wildman–Crippen MR) is 86.2 cm³/mol. The van der Waals surface area contributed by atoms with E-state index in [4.69, 9.17) is 4.98 Å². The van der Waals surface area contributed by atoms with Gasteiger partial charge in [0, 0.05) is 31.9 Å². The Morgan fingerprint density at radius 3 is 2.65 bits per heavy atom. The summed E-state index contributed by atoms with van der Waals surface area (Å²) in [7, 11) is 0. The zero-order valence-corrected chi connectivity index (χ0v) is 13.4. The SMILES string of the molecule is CCN(CC1CCC1)c1ncc(CNC(C)C)cc1C. The van der Waals surface area contributed by atoms with Crippen LogP contribution in [0, 0.1) is 12.8 Å². The zero-order valence-electron chi connectivity index (χ0n) is 13.4. The largest absolute Gasteiger partial charge is 0.356 e. The number of hydrogen-bond donors (Lipinski definition) is 1. The molecule has 1 saturated carbocycles. The van der Waals surface area contributed by atoms with Crippen LogP contribution in [-0.4, -0.2) is 24.1 Å². The van der Waals surface area contributed by atoms with Gasteiger partial charge in [-0.15, -0.1) is 0 Å². The Balaban J connectivity index is 2.02. The van der Waals surface area contributed by atoms with E-state index in [2.05, 4.69) is 44.0 Å². The number of pyridine rings is 1. The van der Waals surface area contributed by atoms with Crippen LogP contribution >= 0.6 is 0 Å². The van der Waals surface area contributed by atoms with Crippen LogP contribution in [0.4, 0.5) is 5.82 Å². The lowest BCUT2D eigenvalue weighted by Gasteiger charge is -2.33. The van der Waals surface area contributed by atoms with Crippen molar-refractivity contribution in [3.05, 3.63) is 23.4 Å². The third-order valence-corrected chi connectivity index (χ3v) is 4.21. The second kappa shape index (κ2) is 7.07. The Morgan fingerprint density at radius 1 is 1.40 bits per heavy atom. The summed E-state index contributed by atoms with van der Waals surface area (Å²) < 4.78 is 0. The number of nitrogens with zero attached hydrogens (tertiary/aromatic N) is 2. The molecule has 20 heavy (non-hydrogen) atoms. The van der Waals surface area contributed by atoms with E-state index >= 15 is 0 Å². The Hall–Kier alpha value is -1.09. The third kappa shape index (κ3) is 3.95. The van der Waals surface area contributed by atoms with Gasteiger partial charge in [-0.1, -0.05) is 20.3 Å². The van der Waals surface area contributed by atoms with Crippen LogP contribution in [0.1, 0.15) is 51.2 Å². The first kappa shape index (κ1) is 15.3. The van der Waals surface area contributed by atoms with Gasteiger partial charge >= 0.3 is 0 Å². The summed E-state index contributed by atoms with van der Waals surface area (Å²) in [4.78, 5) is 7.17. The van der Waals surface area contributed by atoms with Gasteiger partial charge in [0.1, 0.15) is 5.82 Å². The van der Waals surface area contributed by atoms with Crippen molar-refractivity contribution in [2.45, 2.75) is 59.5 Å². The number of anilines is 1. The quantitative estimate of drug-likeness (QED) is 0.825. The van der Waals surface area contributed by atoms with Crippen LogP contribution in [0.15, 0.2) is 12.3 Å². The lowest BCUT2D eigenvalue weighted by atomic mass is 9.85. The number of hydrogen-bond acceptors (Lipinski definition) is 3. The summed E-state index contributed by atoms with van der Waals surface area (Å²) in [5.74, 6) is 2.06. The van der Waals surface area contributed by atoms with Crippen molar-refractivity contribution in [2.24, 2.45) is 5.92 Å². The number of nitrogens with one attached hydrogen (secondary N) is 1. The van der Waals surface area contributed by atoms with Crippen molar-refractivity contribution in [3.8, 4) is 0 Å². The highest BCUT2D eigenvalue weighted by Gasteiger charge is 2.21. The first-order valence-corrected chi connectivity index (χ1v) is 8.04. The average molecular weight is 275 g/mol. The minimum Gasteiger partial charge on any atom is -0.356 e. The molecular formula is C17H29N3. The molecule has 0 aliphatic heterocycles. The number of aryl methyl sites for hydroxylation is 1. The van der Waals surface area contributed by atoms with E-state index in [0.717, 1.165) is 19.0 Å². The molecule has 1 heterocycles. The predicted octanol–water partition coefficient (Wildman–Crippen LogP) is 3.51. The molecule has 3 heteroatoms. The van der Waals surface area contributed by atoms with Gasteiger partial charge in [0.2, 0.25) is 0 Å². The van der Waals surface area contributed by atoms with E-state index in [1.54, 1.807) is 0 Å². The van der Waals surface area contributed by atoms with Gasteiger partial charge in [0.25, 0.3) is 0 Å². The summed E-state index contributed by atoms with van der Waals surface area (Å²) in [6, 6.07) is 2.79. The number of rotatable bonds is 7. The molecule has 2 rings (SSSR count). The molecule has 0 radical (unpaired) electrons. The van der Waals surface area contributed by atoms with E-state index < -0.39 is 0 Å². The van der Waals surface area contributed by atoms with Crippen LogP contribution in [0.2, 0.25) is 0 Å². The van der Waals surface area contributed by atoms with Crippen molar-refractivity contribution in [1.82, 2.24) is 10.3 Å². The molecular weight excluding hydrogens is 246 g/mol. The van der Waals surface area contributed by atoms with Crippen molar-refractivity contribution in [1.29, 1.82) is 0 Å². The van der Waals surface area contributed by atoms with Crippen LogP contribution in [0.25, 0.3) is 0 Å². The standard InChI is InChI=1S/C17H29N3/c1-5-20(12-15-7-6-8-15)17-14(4)9-16(11-19-17)10-18-13(2)3/h9,11,13,15,18H,5-8,10,12H2,1-4H3. The first-order valence-electron chi connectivity index (χ1n) is 8.04. The fourth-order valence-electron chi connectivity index (χ4n) is 2.73. The highest BCUT2D eigenvalue weighted by Crippen LogP contribution is 2.29. The molecule has 0 bridgehead atoms. The lowest BCUT2D eigenvalue weighted by molar-refractivity contribution is 0.318. The molecule has 1 fully saturated rings. The molecule has 0 amide bonds. The average Bonchev–Trinajstić information content (AvgIpc) is 2.36. The van der Waals surface area contributed by atoms with Crippen LogP contribution in [0.5, 0.6) is 0 Å². The smallest absolute Gasteiger partial charge is 0.131 e. The van der Waals surface area contributed by atoms with Crippen LogP contribution < -0.4 is 10.2 Å². The van der Waals surface area contributed by atoms with E-state index in [1.165, 1.54) is 42.8 Å². The van der Waals surface area contributed by atoms with Gasteiger partial charge in [-0.2, -0.15) is 0 Å². The maximum atomic E-state index is 4.72.